The first-order chi connectivity index (χ1) is 9.08. The first-order valence-electron chi connectivity index (χ1n) is 6.89. The Bertz CT molecular complexity index is 464. The summed E-state index contributed by atoms with van der Waals surface area (Å²) >= 11 is 0. The first-order valence-corrected chi connectivity index (χ1v) is 6.89. The quantitative estimate of drug-likeness (QED) is 0.896. The first kappa shape index (κ1) is 17.0. The molecule has 0 aliphatic carbocycles. The van der Waals surface area contributed by atoms with Gasteiger partial charge in [0.15, 0.2) is 0 Å². The van der Waals surface area contributed by atoms with E-state index in [2.05, 4.69) is 35.4 Å². The maximum atomic E-state index is 12.1. The summed E-state index contributed by atoms with van der Waals surface area (Å²) < 4.78 is 0. The number of rotatable bonds is 3. The molecule has 1 aliphatic heterocycles. The van der Waals surface area contributed by atoms with Crippen LogP contribution in [0.4, 0.5) is 5.69 Å². The van der Waals surface area contributed by atoms with E-state index in [1.54, 1.807) is 0 Å². The van der Waals surface area contributed by atoms with Gasteiger partial charge in [0.05, 0.1) is 6.54 Å². The van der Waals surface area contributed by atoms with Crippen molar-refractivity contribution in [1.29, 1.82) is 0 Å². The van der Waals surface area contributed by atoms with Crippen molar-refractivity contribution in [3.05, 3.63) is 29.3 Å². The Morgan fingerprint density at radius 1 is 1.45 bits per heavy atom. The highest BCUT2D eigenvalue weighted by Crippen LogP contribution is 2.18. The topological polar surface area (TPSA) is 44.4 Å². The minimum absolute atomic E-state index is 0. The highest BCUT2D eigenvalue weighted by molar-refractivity contribution is 5.93. The van der Waals surface area contributed by atoms with Gasteiger partial charge in [0, 0.05) is 31.4 Å². The van der Waals surface area contributed by atoms with Crippen molar-refractivity contribution in [2.45, 2.75) is 26.8 Å². The largest absolute Gasteiger partial charge is 0.325 e. The summed E-state index contributed by atoms with van der Waals surface area (Å²) in [4.78, 5) is 14.3. The van der Waals surface area contributed by atoms with Gasteiger partial charge in [-0.3, -0.25) is 9.69 Å². The Balaban J connectivity index is 0.00000200. The van der Waals surface area contributed by atoms with Crippen LogP contribution in [0.1, 0.15) is 18.1 Å². The normalized spacial score (nSPS) is 19.2. The number of halogens is 1. The van der Waals surface area contributed by atoms with Crippen LogP contribution >= 0.6 is 12.4 Å². The molecule has 1 aromatic rings. The molecule has 1 amide bonds. The molecule has 1 saturated heterocycles. The van der Waals surface area contributed by atoms with Gasteiger partial charge in [0.2, 0.25) is 5.91 Å². The van der Waals surface area contributed by atoms with E-state index in [9.17, 15) is 4.79 Å². The van der Waals surface area contributed by atoms with E-state index >= 15 is 0 Å². The van der Waals surface area contributed by atoms with Crippen molar-refractivity contribution >= 4 is 24.0 Å². The molecule has 20 heavy (non-hydrogen) atoms. The number of benzene rings is 1. The molecular weight excluding hydrogens is 274 g/mol. The molecule has 0 aromatic heterocycles. The predicted molar refractivity (Wildman–Crippen MR) is 85.7 cm³/mol. The smallest absolute Gasteiger partial charge is 0.238 e. The average molecular weight is 298 g/mol. The summed E-state index contributed by atoms with van der Waals surface area (Å²) in [5, 5.41) is 6.35. The van der Waals surface area contributed by atoms with Gasteiger partial charge >= 0.3 is 0 Å². The van der Waals surface area contributed by atoms with E-state index in [0.29, 0.717) is 12.6 Å². The van der Waals surface area contributed by atoms with Crippen LogP contribution in [0.15, 0.2) is 18.2 Å². The lowest BCUT2D eigenvalue weighted by Crippen LogP contribution is -2.52. The van der Waals surface area contributed by atoms with Gasteiger partial charge in [-0.05, 0) is 38.0 Å². The number of nitrogens with zero attached hydrogens (tertiary/aromatic N) is 1. The number of nitrogens with one attached hydrogen (secondary N) is 2. The summed E-state index contributed by atoms with van der Waals surface area (Å²) in [5.74, 6) is 0.0717. The van der Waals surface area contributed by atoms with Gasteiger partial charge in [-0.25, -0.2) is 0 Å². The summed E-state index contributed by atoms with van der Waals surface area (Å²) in [6, 6.07) is 6.41. The van der Waals surface area contributed by atoms with Crippen LogP contribution < -0.4 is 10.6 Å². The number of carbonyl (C=O) groups excluding carboxylic acids is 1. The molecule has 5 heteroatoms. The van der Waals surface area contributed by atoms with Gasteiger partial charge in [-0.2, -0.15) is 0 Å². The molecule has 112 valence electrons. The van der Waals surface area contributed by atoms with Gasteiger partial charge in [0.1, 0.15) is 0 Å². The lowest BCUT2D eigenvalue weighted by molar-refractivity contribution is -0.118. The number of carbonyl (C=O) groups is 1. The van der Waals surface area contributed by atoms with Crippen LogP contribution in [-0.4, -0.2) is 43.0 Å². The number of anilines is 1. The van der Waals surface area contributed by atoms with Crippen molar-refractivity contribution in [3.63, 3.8) is 0 Å². The molecule has 0 saturated carbocycles. The van der Waals surface area contributed by atoms with Crippen LogP contribution in [0.2, 0.25) is 0 Å². The Kier molecular flexibility index (Phi) is 6.46. The molecule has 0 radical (unpaired) electrons. The molecule has 0 bridgehead atoms. The van der Waals surface area contributed by atoms with Gasteiger partial charge in [-0.15, -0.1) is 12.4 Å². The minimum Gasteiger partial charge on any atom is -0.325 e. The second-order valence-corrected chi connectivity index (χ2v) is 5.32. The molecular formula is C15H24ClN3O. The molecule has 1 aliphatic rings. The number of hydrogen-bond donors (Lipinski definition) is 2. The zero-order valence-electron chi connectivity index (χ0n) is 12.4. The lowest BCUT2D eigenvalue weighted by Gasteiger charge is -2.33. The SMILES string of the molecule is Cc1cccc(NC(=O)CN2CCNCC2C)c1C.Cl. The summed E-state index contributed by atoms with van der Waals surface area (Å²) in [6.45, 7) is 9.56. The monoisotopic (exact) mass is 297 g/mol. The molecule has 1 fully saturated rings. The number of amides is 1. The maximum Gasteiger partial charge on any atom is 0.238 e. The second-order valence-electron chi connectivity index (χ2n) is 5.32. The van der Waals surface area contributed by atoms with Crippen molar-refractivity contribution < 1.29 is 4.79 Å². The fourth-order valence-electron chi connectivity index (χ4n) is 2.38. The predicted octanol–water partition coefficient (Wildman–Crippen LogP) is 1.96. The Hall–Kier alpha value is -1.10. The molecule has 1 unspecified atom stereocenters. The van der Waals surface area contributed by atoms with E-state index in [1.807, 2.05) is 19.1 Å². The summed E-state index contributed by atoms with van der Waals surface area (Å²) in [7, 11) is 0. The van der Waals surface area contributed by atoms with E-state index < -0.39 is 0 Å². The number of piperazine rings is 1. The molecule has 0 spiro atoms. The van der Waals surface area contributed by atoms with Gasteiger partial charge < -0.3 is 10.6 Å². The van der Waals surface area contributed by atoms with Gasteiger partial charge in [-0.1, -0.05) is 12.1 Å². The highest BCUT2D eigenvalue weighted by atomic mass is 35.5. The second kappa shape index (κ2) is 7.62. The lowest BCUT2D eigenvalue weighted by atomic mass is 10.1. The summed E-state index contributed by atoms with van der Waals surface area (Å²) in [5.41, 5.74) is 3.27. The van der Waals surface area contributed by atoms with Crippen molar-refractivity contribution in [2.75, 3.05) is 31.5 Å². The third kappa shape index (κ3) is 4.20. The third-order valence-corrected chi connectivity index (χ3v) is 3.86. The standard InChI is InChI=1S/C15H23N3O.ClH/c1-11-5-4-6-14(13(11)3)17-15(19)10-18-8-7-16-9-12(18)2;/h4-6,12,16H,7-10H2,1-3H3,(H,17,19);1H. The van der Waals surface area contributed by atoms with Crippen LogP contribution in [0.5, 0.6) is 0 Å². The molecule has 1 heterocycles. The molecule has 2 rings (SSSR count). The fourth-order valence-corrected chi connectivity index (χ4v) is 2.38. The van der Waals surface area contributed by atoms with Crippen molar-refractivity contribution in [2.24, 2.45) is 0 Å². The van der Waals surface area contributed by atoms with E-state index in [-0.39, 0.29) is 18.3 Å². The third-order valence-electron chi connectivity index (χ3n) is 3.86. The van der Waals surface area contributed by atoms with Crippen molar-refractivity contribution in [1.82, 2.24) is 10.2 Å². The molecule has 4 nitrogen and oxygen atoms in total. The van der Waals surface area contributed by atoms with E-state index in [0.717, 1.165) is 30.9 Å². The zero-order valence-corrected chi connectivity index (χ0v) is 13.2. The average Bonchev–Trinajstić information content (AvgIpc) is 2.38. The van der Waals surface area contributed by atoms with Crippen LogP contribution in [0.25, 0.3) is 0 Å². The number of aryl methyl sites for hydroxylation is 1. The van der Waals surface area contributed by atoms with Crippen LogP contribution in [-0.2, 0) is 4.79 Å². The van der Waals surface area contributed by atoms with E-state index in [1.165, 1.54) is 5.56 Å². The minimum atomic E-state index is 0. The fraction of sp³-hybridized carbons (Fsp3) is 0.533. The zero-order chi connectivity index (χ0) is 13.8. The molecule has 1 atom stereocenters. The van der Waals surface area contributed by atoms with Crippen LogP contribution in [0, 0.1) is 13.8 Å². The molecule has 2 N–H and O–H groups in total. The van der Waals surface area contributed by atoms with Crippen molar-refractivity contribution in [3.8, 4) is 0 Å². The maximum absolute atomic E-state index is 12.1. The summed E-state index contributed by atoms with van der Waals surface area (Å²) in [6.07, 6.45) is 0. The van der Waals surface area contributed by atoms with E-state index in [4.69, 9.17) is 0 Å². The van der Waals surface area contributed by atoms with Crippen LogP contribution in [0.3, 0.4) is 0 Å². The highest BCUT2D eigenvalue weighted by Gasteiger charge is 2.20. The molecule has 1 aromatic carbocycles. The van der Waals surface area contributed by atoms with Gasteiger partial charge in [0.25, 0.3) is 0 Å². The Morgan fingerprint density at radius 2 is 2.20 bits per heavy atom. The Morgan fingerprint density at radius 3 is 2.90 bits per heavy atom. The Labute approximate surface area is 127 Å². The number of hydrogen-bond acceptors (Lipinski definition) is 3.